The Bertz CT molecular complexity index is 1090. The molecule has 4 amide bonds. The van der Waals surface area contributed by atoms with E-state index in [2.05, 4.69) is 10.2 Å². The van der Waals surface area contributed by atoms with Crippen LogP contribution in [-0.4, -0.2) is 83.6 Å². The molecule has 1 atom stereocenters. The summed E-state index contributed by atoms with van der Waals surface area (Å²) in [5.41, 5.74) is 1.63. The van der Waals surface area contributed by atoms with E-state index in [4.69, 9.17) is 9.47 Å². The van der Waals surface area contributed by atoms with E-state index in [1.54, 1.807) is 9.80 Å². The Labute approximate surface area is 210 Å². The minimum Gasteiger partial charge on any atom is -0.444 e. The Morgan fingerprint density at radius 2 is 1.89 bits per heavy atom. The maximum atomic E-state index is 13.0. The summed E-state index contributed by atoms with van der Waals surface area (Å²) in [5.74, 6) is -0.856. The maximum Gasteiger partial charge on any atom is 0.410 e. The second-order valence-electron chi connectivity index (χ2n) is 11.2. The predicted octanol–water partition coefficient (Wildman–Crippen LogP) is 2.05. The van der Waals surface area contributed by atoms with Crippen molar-refractivity contribution in [3.63, 3.8) is 0 Å². The highest BCUT2D eigenvalue weighted by Gasteiger charge is 2.43. The molecule has 0 aromatic heterocycles. The molecule has 0 aliphatic carbocycles. The first-order valence-electron chi connectivity index (χ1n) is 12.7. The van der Waals surface area contributed by atoms with E-state index in [0.717, 1.165) is 37.2 Å². The Hall–Kier alpha value is -3.14. The summed E-state index contributed by atoms with van der Waals surface area (Å²) < 4.78 is 11.8. The topological polar surface area (TPSA) is 108 Å². The first-order chi connectivity index (χ1) is 17.0. The van der Waals surface area contributed by atoms with E-state index in [1.807, 2.05) is 39.0 Å². The van der Waals surface area contributed by atoms with E-state index in [1.165, 1.54) is 0 Å². The molecule has 0 bridgehead atoms. The van der Waals surface area contributed by atoms with Crippen LogP contribution in [0.2, 0.25) is 0 Å². The lowest BCUT2D eigenvalue weighted by molar-refractivity contribution is -0.136. The van der Waals surface area contributed by atoms with Gasteiger partial charge < -0.3 is 24.2 Å². The van der Waals surface area contributed by atoms with Gasteiger partial charge in [-0.25, -0.2) is 4.79 Å². The molecule has 1 unspecified atom stereocenters. The molecular formula is C26H34N4O6. The molecule has 0 saturated carbocycles. The van der Waals surface area contributed by atoms with Crippen molar-refractivity contribution in [2.24, 2.45) is 0 Å². The molecule has 194 valence electrons. The van der Waals surface area contributed by atoms with Crippen LogP contribution in [-0.2, 0) is 25.6 Å². The molecule has 4 aliphatic rings. The zero-order valence-electron chi connectivity index (χ0n) is 21.2. The SMILES string of the molecule is CC(C)(C)OC(=O)N1CCOC2(CCN(c3ccc4c(c3)CN(C3CCC(=O)NC3=O)C4=O)CC2)C1. The number of nitrogens with zero attached hydrogens (tertiary/aromatic N) is 3. The van der Waals surface area contributed by atoms with E-state index in [9.17, 15) is 19.2 Å². The molecule has 4 aliphatic heterocycles. The average molecular weight is 499 g/mol. The number of fused-ring (bicyclic) bond motifs is 1. The lowest BCUT2D eigenvalue weighted by atomic mass is 9.89. The van der Waals surface area contributed by atoms with Gasteiger partial charge >= 0.3 is 6.09 Å². The summed E-state index contributed by atoms with van der Waals surface area (Å²) in [5, 5.41) is 2.34. The molecule has 4 heterocycles. The zero-order chi connectivity index (χ0) is 25.7. The summed E-state index contributed by atoms with van der Waals surface area (Å²) in [7, 11) is 0. The molecule has 10 heteroatoms. The number of ether oxygens (including phenoxy) is 2. The van der Waals surface area contributed by atoms with Crippen molar-refractivity contribution in [2.75, 3.05) is 37.7 Å². The number of hydrogen-bond acceptors (Lipinski definition) is 7. The molecule has 36 heavy (non-hydrogen) atoms. The molecule has 1 spiro atoms. The predicted molar refractivity (Wildman–Crippen MR) is 130 cm³/mol. The second kappa shape index (κ2) is 9.06. The number of nitrogens with one attached hydrogen (secondary N) is 1. The first-order valence-corrected chi connectivity index (χ1v) is 12.7. The van der Waals surface area contributed by atoms with Gasteiger partial charge in [0.25, 0.3) is 5.91 Å². The molecule has 1 N–H and O–H groups in total. The largest absolute Gasteiger partial charge is 0.444 e. The molecule has 0 radical (unpaired) electrons. The minimum atomic E-state index is -0.614. The Kier molecular flexibility index (Phi) is 6.18. The van der Waals surface area contributed by atoms with Crippen molar-refractivity contribution in [3.05, 3.63) is 29.3 Å². The van der Waals surface area contributed by atoms with Crippen LogP contribution < -0.4 is 10.2 Å². The standard InChI is InChI=1S/C26H34N4O6/c1-25(2,3)36-24(34)29-12-13-35-26(16-29)8-10-28(11-9-26)18-4-5-19-17(14-18)15-30(23(19)33)20-6-7-21(31)27-22(20)32/h4-5,14,20H,6-13,15-16H2,1-3H3,(H,27,31,32). The highest BCUT2D eigenvalue weighted by atomic mass is 16.6. The van der Waals surface area contributed by atoms with Crippen LogP contribution in [0.25, 0.3) is 0 Å². The van der Waals surface area contributed by atoms with Gasteiger partial charge in [0.05, 0.1) is 18.8 Å². The van der Waals surface area contributed by atoms with Crippen LogP contribution in [0.1, 0.15) is 62.4 Å². The summed E-state index contributed by atoms with van der Waals surface area (Å²) in [6.45, 7) is 9.06. The highest BCUT2D eigenvalue weighted by molar-refractivity contribution is 6.05. The lowest BCUT2D eigenvalue weighted by Crippen LogP contribution is -2.58. The smallest absolute Gasteiger partial charge is 0.410 e. The zero-order valence-corrected chi connectivity index (χ0v) is 21.2. The summed E-state index contributed by atoms with van der Waals surface area (Å²) in [6.07, 6.45) is 1.86. The molecule has 3 fully saturated rings. The number of carbonyl (C=O) groups excluding carboxylic acids is 4. The van der Waals surface area contributed by atoms with Crippen LogP contribution in [0.15, 0.2) is 18.2 Å². The summed E-state index contributed by atoms with van der Waals surface area (Å²) in [4.78, 5) is 55.0. The van der Waals surface area contributed by atoms with Gasteiger partial charge in [0.2, 0.25) is 11.8 Å². The molecule has 1 aromatic rings. The highest BCUT2D eigenvalue weighted by Crippen LogP contribution is 2.35. The number of piperidine rings is 2. The molecule has 3 saturated heterocycles. The van der Waals surface area contributed by atoms with Gasteiger partial charge in [-0.3, -0.25) is 19.7 Å². The number of amides is 4. The van der Waals surface area contributed by atoms with Crippen molar-refractivity contribution < 1.29 is 28.7 Å². The molecular weight excluding hydrogens is 464 g/mol. The molecule has 1 aromatic carbocycles. The van der Waals surface area contributed by atoms with Gasteiger partial charge in [-0.15, -0.1) is 0 Å². The van der Waals surface area contributed by atoms with Crippen molar-refractivity contribution in [1.82, 2.24) is 15.1 Å². The Balaban J connectivity index is 1.22. The van der Waals surface area contributed by atoms with Crippen molar-refractivity contribution in [2.45, 2.75) is 70.2 Å². The fourth-order valence-corrected chi connectivity index (χ4v) is 5.56. The Morgan fingerprint density at radius 1 is 1.14 bits per heavy atom. The van der Waals surface area contributed by atoms with E-state index in [0.29, 0.717) is 38.2 Å². The fraction of sp³-hybridized carbons (Fsp3) is 0.615. The third-order valence-electron chi connectivity index (χ3n) is 7.45. The van der Waals surface area contributed by atoms with E-state index in [-0.39, 0.29) is 29.9 Å². The van der Waals surface area contributed by atoms with Crippen LogP contribution >= 0.6 is 0 Å². The monoisotopic (exact) mass is 498 g/mol. The third-order valence-corrected chi connectivity index (χ3v) is 7.45. The van der Waals surface area contributed by atoms with Crippen LogP contribution in [0.3, 0.4) is 0 Å². The number of imide groups is 1. The van der Waals surface area contributed by atoms with Gasteiger partial charge in [-0.2, -0.15) is 0 Å². The first kappa shape index (κ1) is 24.5. The van der Waals surface area contributed by atoms with Gasteiger partial charge in [0.1, 0.15) is 11.6 Å². The van der Waals surface area contributed by atoms with Gasteiger partial charge in [-0.05, 0) is 63.8 Å². The van der Waals surface area contributed by atoms with Gasteiger partial charge in [0.15, 0.2) is 0 Å². The number of benzene rings is 1. The molecule has 5 rings (SSSR count). The van der Waals surface area contributed by atoms with Crippen molar-refractivity contribution >= 4 is 29.5 Å². The lowest BCUT2D eigenvalue weighted by Gasteiger charge is -2.47. The number of anilines is 1. The normalized spacial score (nSPS) is 24.1. The number of hydrogen-bond donors (Lipinski definition) is 1. The van der Waals surface area contributed by atoms with Crippen LogP contribution in [0.5, 0.6) is 0 Å². The van der Waals surface area contributed by atoms with Crippen LogP contribution in [0.4, 0.5) is 10.5 Å². The van der Waals surface area contributed by atoms with E-state index >= 15 is 0 Å². The van der Waals surface area contributed by atoms with Crippen molar-refractivity contribution in [3.8, 4) is 0 Å². The van der Waals surface area contributed by atoms with E-state index < -0.39 is 17.6 Å². The second-order valence-corrected chi connectivity index (χ2v) is 11.2. The number of carbonyl (C=O) groups is 4. The minimum absolute atomic E-state index is 0.165. The molecule has 10 nitrogen and oxygen atoms in total. The number of morpholine rings is 1. The van der Waals surface area contributed by atoms with Crippen LogP contribution in [0, 0.1) is 0 Å². The maximum absolute atomic E-state index is 13.0. The Morgan fingerprint density at radius 3 is 2.58 bits per heavy atom. The van der Waals surface area contributed by atoms with Gasteiger partial charge in [0, 0.05) is 43.9 Å². The van der Waals surface area contributed by atoms with Crippen molar-refractivity contribution in [1.29, 1.82) is 0 Å². The third kappa shape index (κ3) is 4.78. The fourth-order valence-electron chi connectivity index (χ4n) is 5.56. The average Bonchev–Trinajstić information content (AvgIpc) is 3.14. The summed E-state index contributed by atoms with van der Waals surface area (Å²) in [6, 6.07) is 5.21. The number of rotatable bonds is 2. The van der Waals surface area contributed by atoms with Gasteiger partial charge in [-0.1, -0.05) is 0 Å². The quantitative estimate of drug-likeness (QED) is 0.622. The summed E-state index contributed by atoms with van der Waals surface area (Å²) >= 11 is 0.